The van der Waals surface area contributed by atoms with Crippen molar-refractivity contribution in [1.82, 2.24) is 4.98 Å². The molecular formula is C13H9ClFNO3. The standard InChI is InChI=1S/C13H9ClFNO3/c14-9-4-2-5-10(15)12(9)19-7-8-3-1-6-11(16-8)13(17)18/h1-6H,7H2,(H,17,18). The van der Waals surface area contributed by atoms with Gasteiger partial charge in [-0.1, -0.05) is 23.7 Å². The first kappa shape index (κ1) is 13.3. The highest BCUT2D eigenvalue weighted by molar-refractivity contribution is 6.32. The number of carboxylic acids is 1. The van der Waals surface area contributed by atoms with E-state index in [2.05, 4.69) is 4.98 Å². The lowest BCUT2D eigenvalue weighted by atomic mass is 10.3. The van der Waals surface area contributed by atoms with E-state index in [0.29, 0.717) is 5.69 Å². The zero-order chi connectivity index (χ0) is 13.8. The number of pyridine rings is 1. The third-order valence-corrected chi connectivity index (χ3v) is 2.61. The maximum absolute atomic E-state index is 13.4. The molecule has 0 saturated carbocycles. The van der Waals surface area contributed by atoms with E-state index >= 15 is 0 Å². The number of nitrogens with zero attached hydrogens (tertiary/aromatic N) is 1. The van der Waals surface area contributed by atoms with Gasteiger partial charge in [0.1, 0.15) is 12.3 Å². The van der Waals surface area contributed by atoms with Gasteiger partial charge >= 0.3 is 5.97 Å². The molecule has 0 amide bonds. The van der Waals surface area contributed by atoms with E-state index in [4.69, 9.17) is 21.4 Å². The van der Waals surface area contributed by atoms with Gasteiger partial charge in [0.25, 0.3) is 0 Å². The summed E-state index contributed by atoms with van der Waals surface area (Å²) in [4.78, 5) is 14.6. The maximum Gasteiger partial charge on any atom is 0.354 e. The molecule has 0 atom stereocenters. The fraction of sp³-hybridized carbons (Fsp3) is 0.0769. The third kappa shape index (κ3) is 3.20. The highest BCUT2D eigenvalue weighted by Crippen LogP contribution is 2.27. The third-order valence-electron chi connectivity index (χ3n) is 2.31. The molecule has 19 heavy (non-hydrogen) atoms. The lowest BCUT2D eigenvalue weighted by Gasteiger charge is -2.08. The van der Waals surface area contributed by atoms with Crippen molar-refractivity contribution in [3.05, 3.63) is 58.6 Å². The van der Waals surface area contributed by atoms with Crippen LogP contribution in [0.1, 0.15) is 16.2 Å². The van der Waals surface area contributed by atoms with Crippen LogP contribution in [0.15, 0.2) is 36.4 Å². The fourth-order valence-corrected chi connectivity index (χ4v) is 1.66. The summed E-state index contributed by atoms with van der Waals surface area (Å²) in [5, 5.41) is 8.95. The fourth-order valence-electron chi connectivity index (χ4n) is 1.45. The van der Waals surface area contributed by atoms with Crippen LogP contribution in [0.5, 0.6) is 5.75 Å². The van der Waals surface area contributed by atoms with Gasteiger partial charge in [0, 0.05) is 0 Å². The molecule has 1 aromatic heterocycles. The minimum Gasteiger partial charge on any atom is -0.483 e. The highest BCUT2D eigenvalue weighted by atomic mass is 35.5. The van der Waals surface area contributed by atoms with E-state index in [1.165, 1.54) is 30.3 Å². The summed E-state index contributed by atoms with van der Waals surface area (Å²) in [7, 11) is 0. The van der Waals surface area contributed by atoms with Gasteiger partial charge in [-0.15, -0.1) is 0 Å². The first-order chi connectivity index (χ1) is 9.08. The van der Waals surface area contributed by atoms with E-state index in [1.54, 1.807) is 6.07 Å². The van der Waals surface area contributed by atoms with Crippen molar-refractivity contribution >= 4 is 17.6 Å². The number of hydrogen-bond donors (Lipinski definition) is 1. The Kier molecular flexibility index (Phi) is 3.97. The van der Waals surface area contributed by atoms with E-state index < -0.39 is 11.8 Å². The molecule has 4 nitrogen and oxygen atoms in total. The van der Waals surface area contributed by atoms with Gasteiger partial charge in [-0.25, -0.2) is 14.2 Å². The number of aromatic nitrogens is 1. The maximum atomic E-state index is 13.4. The summed E-state index contributed by atoms with van der Waals surface area (Å²) >= 11 is 5.80. The van der Waals surface area contributed by atoms with Gasteiger partial charge < -0.3 is 9.84 Å². The average Bonchev–Trinajstić information content (AvgIpc) is 2.38. The van der Waals surface area contributed by atoms with Gasteiger partial charge in [0.2, 0.25) is 0 Å². The normalized spacial score (nSPS) is 10.2. The Morgan fingerprint density at radius 2 is 2.05 bits per heavy atom. The number of halogens is 2. The van der Waals surface area contributed by atoms with Crippen molar-refractivity contribution < 1.29 is 19.0 Å². The van der Waals surface area contributed by atoms with Crippen LogP contribution in [-0.4, -0.2) is 16.1 Å². The number of carbonyl (C=O) groups is 1. The second-order valence-electron chi connectivity index (χ2n) is 3.66. The second kappa shape index (κ2) is 5.67. The van der Waals surface area contributed by atoms with Crippen molar-refractivity contribution in [2.45, 2.75) is 6.61 Å². The first-order valence-corrected chi connectivity index (χ1v) is 5.72. The van der Waals surface area contributed by atoms with Gasteiger partial charge in [-0.05, 0) is 24.3 Å². The number of aromatic carboxylic acids is 1. The molecule has 0 bridgehead atoms. The van der Waals surface area contributed by atoms with Crippen LogP contribution in [0.3, 0.4) is 0 Å². The predicted molar refractivity (Wildman–Crippen MR) is 66.9 cm³/mol. The Hall–Kier alpha value is -2.14. The molecule has 0 unspecified atom stereocenters. The quantitative estimate of drug-likeness (QED) is 0.935. The van der Waals surface area contributed by atoms with Crippen molar-refractivity contribution in [1.29, 1.82) is 0 Å². The summed E-state index contributed by atoms with van der Waals surface area (Å²) in [6.45, 7) is -0.0677. The van der Waals surface area contributed by atoms with Gasteiger partial charge in [-0.2, -0.15) is 0 Å². The molecule has 0 spiro atoms. The van der Waals surface area contributed by atoms with Crippen LogP contribution >= 0.6 is 11.6 Å². The van der Waals surface area contributed by atoms with Crippen LogP contribution in [0, 0.1) is 5.82 Å². The van der Waals surface area contributed by atoms with E-state index in [9.17, 15) is 9.18 Å². The summed E-state index contributed by atoms with van der Waals surface area (Å²) in [5.74, 6) is -1.79. The Morgan fingerprint density at radius 1 is 1.32 bits per heavy atom. The molecule has 6 heteroatoms. The summed E-state index contributed by atoms with van der Waals surface area (Å²) < 4.78 is 18.7. The predicted octanol–water partition coefficient (Wildman–Crippen LogP) is 3.15. The van der Waals surface area contributed by atoms with Crippen LogP contribution < -0.4 is 4.74 Å². The molecular weight excluding hydrogens is 273 g/mol. The number of ether oxygens (including phenoxy) is 1. The zero-order valence-electron chi connectivity index (χ0n) is 9.64. The van der Waals surface area contributed by atoms with Gasteiger partial charge in [0.05, 0.1) is 10.7 Å². The number of rotatable bonds is 4. The molecule has 0 aliphatic heterocycles. The van der Waals surface area contributed by atoms with Gasteiger partial charge in [-0.3, -0.25) is 0 Å². The lowest BCUT2D eigenvalue weighted by Crippen LogP contribution is -2.05. The topological polar surface area (TPSA) is 59.4 Å². The second-order valence-corrected chi connectivity index (χ2v) is 4.07. The Morgan fingerprint density at radius 3 is 2.74 bits per heavy atom. The number of para-hydroxylation sites is 1. The largest absolute Gasteiger partial charge is 0.483 e. The smallest absolute Gasteiger partial charge is 0.354 e. The van der Waals surface area contributed by atoms with Crippen LogP contribution in [0.2, 0.25) is 5.02 Å². The van der Waals surface area contributed by atoms with Gasteiger partial charge in [0.15, 0.2) is 11.6 Å². The zero-order valence-corrected chi connectivity index (χ0v) is 10.4. The van der Waals surface area contributed by atoms with Crippen molar-refractivity contribution in [3.63, 3.8) is 0 Å². The summed E-state index contributed by atoms with van der Waals surface area (Å²) in [6, 6.07) is 8.68. The molecule has 1 aromatic carbocycles. The minimum absolute atomic E-state index is 0.0677. The highest BCUT2D eigenvalue weighted by Gasteiger charge is 2.10. The Balaban J connectivity index is 2.15. The molecule has 2 rings (SSSR count). The molecule has 1 heterocycles. The molecule has 0 aliphatic rings. The SMILES string of the molecule is O=C(O)c1cccc(COc2c(F)cccc2Cl)n1. The average molecular weight is 282 g/mol. The van der Waals surface area contributed by atoms with Crippen molar-refractivity contribution in [3.8, 4) is 5.75 Å². The molecule has 0 fully saturated rings. The molecule has 98 valence electrons. The minimum atomic E-state index is -1.13. The molecule has 0 radical (unpaired) electrons. The molecule has 2 aromatic rings. The Bertz CT molecular complexity index is 598. The molecule has 0 saturated heterocycles. The van der Waals surface area contributed by atoms with E-state index in [1.807, 2.05) is 0 Å². The summed E-state index contributed by atoms with van der Waals surface area (Å²) in [6.07, 6.45) is 0. The van der Waals surface area contributed by atoms with Crippen molar-refractivity contribution in [2.24, 2.45) is 0 Å². The van der Waals surface area contributed by atoms with E-state index in [-0.39, 0.29) is 23.1 Å². The Labute approximate surface area is 113 Å². The van der Waals surface area contributed by atoms with Crippen molar-refractivity contribution in [2.75, 3.05) is 0 Å². The lowest BCUT2D eigenvalue weighted by molar-refractivity contribution is 0.0690. The van der Waals surface area contributed by atoms with E-state index in [0.717, 1.165) is 0 Å². The number of hydrogen-bond acceptors (Lipinski definition) is 3. The van der Waals surface area contributed by atoms with Crippen LogP contribution in [0.25, 0.3) is 0 Å². The summed E-state index contributed by atoms with van der Waals surface area (Å²) in [5.41, 5.74) is 0.278. The van der Waals surface area contributed by atoms with Crippen LogP contribution in [-0.2, 0) is 6.61 Å². The molecule has 1 N–H and O–H groups in total. The number of carboxylic acid groups (broad SMARTS) is 1. The monoisotopic (exact) mass is 281 g/mol. The first-order valence-electron chi connectivity index (χ1n) is 5.34. The number of benzene rings is 1. The molecule has 0 aliphatic carbocycles. The van der Waals surface area contributed by atoms with Crippen LogP contribution in [0.4, 0.5) is 4.39 Å².